The lowest BCUT2D eigenvalue weighted by Crippen LogP contribution is -2.46. The molecule has 48 heavy (non-hydrogen) atoms. The van der Waals surface area contributed by atoms with E-state index in [4.69, 9.17) is 36.0 Å². The fourth-order valence-corrected chi connectivity index (χ4v) is 15.4. The van der Waals surface area contributed by atoms with Crippen LogP contribution in [0.4, 0.5) is 0 Å². The molecular formula is C38H68O8Si2. The van der Waals surface area contributed by atoms with Crippen LogP contribution in [0.2, 0.25) is 6.04 Å². The first-order chi connectivity index (χ1) is 23.4. The number of fused-ring (bicyclic) bond motifs is 12. The van der Waals surface area contributed by atoms with Crippen molar-refractivity contribution in [2.75, 3.05) is 39.6 Å². The van der Waals surface area contributed by atoms with Gasteiger partial charge in [-0.1, -0.05) is 6.08 Å². The maximum absolute atomic E-state index is 6.06. The van der Waals surface area contributed by atoms with Crippen LogP contribution in [0.5, 0.6) is 0 Å². The molecule has 8 nitrogen and oxygen atoms in total. The topological polar surface area (TPSA) is 80.4 Å². The molecule has 0 aromatic carbocycles. The van der Waals surface area contributed by atoms with Gasteiger partial charge >= 0.3 is 18.3 Å². The highest BCUT2D eigenvalue weighted by Crippen LogP contribution is 2.64. The fourth-order valence-electron chi connectivity index (χ4n) is 11.6. The summed E-state index contributed by atoms with van der Waals surface area (Å²) in [5.41, 5.74) is 0. The molecule has 0 radical (unpaired) electrons. The molecule has 2 aliphatic heterocycles. The zero-order valence-electron chi connectivity index (χ0n) is 31.0. The standard InChI is InChI=1S/C19H34O4Si.C13H18O.C6H16O3Si/c1-4-20-24(21-5-2,22-6-3)8-7-13-9-14-10-15(13)17-12-19-18(23-19)11-16(14)17;1-2-7-3-8-4-9(7)11-6-13-12(14-13)5-10(8)11;1-4-7-10(8-5-2)9-6-3/h13-19H,4-12H2,1-3H3;2,7-13H,1,3-6H2;10H,4-6H2,1-3H3. The van der Waals surface area contributed by atoms with Crippen LogP contribution in [-0.2, 0) is 36.0 Å². The summed E-state index contributed by atoms with van der Waals surface area (Å²) in [6, 6.07) is 0.996. The maximum atomic E-state index is 6.06. The molecule has 0 aromatic heterocycles. The number of allylic oxidation sites excluding steroid dienone is 1. The normalized spacial score (nSPS) is 42.1. The van der Waals surface area contributed by atoms with E-state index in [1.54, 1.807) is 0 Å². The summed E-state index contributed by atoms with van der Waals surface area (Å²) >= 11 is 0. The Hall–Kier alpha value is -0.146. The van der Waals surface area contributed by atoms with Crippen LogP contribution < -0.4 is 0 Å². The Balaban J connectivity index is 0.000000141. The Morgan fingerprint density at radius 2 is 1.02 bits per heavy atom. The molecule has 14 unspecified atom stereocenters. The third-order valence-electron chi connectivity index (χ3n) is 13.4. The van der Waals surface area contributed by atoms with E-state index in [0.29, 0.717) is 64.1 Å². The van der Waals surface area contributed by atoms with Crippen molar-refractivity contribution in [3.8, 4) is 0 Å². The van der Waals surface area contributed by atoms with Gasteiger partial charge in [-0.05, 0) is 159 Å². The number of hydrogen-bond donors (Lipinski definition) is 0. The van der Waals surface area contributed by atoms with Gasteiger partial charge in [0.1, 0.15) is 0 Å². The van der Waals surface area contributed by atoms with Gasteiger partial charge in [-0.25, -0.2) is 0 Å². The first-order valence-corrected chi connectivity index (χ1v) is 23.5. The van der Waals surface area contributed by atoms with Crippen molar-refractivity contribution in [1.29, 1.82) is 0 Å². The van der Waals surface area contributed by atoms with Gasteiger partial charge in [-0.3, -0.25) is 0 Å². The van der Waals surface area contributed by atoms with E-state index in [-0.39, 0.29) is 0 Å². The molecule has 0 aromatic rings. The van der Waals surface area contributed by atoms with Gasteiger partial charge in [-0.2, -0.15) is 0 Å². The van der Waals surface area contributed by atoms with Crippen molar-refractivity contribution in [1.82, 2.24) is 0 Å². The third kappa shape index (κ3) is 8.39. The van der Waals surface area contributed by atoms with Crippen LogP contribution in [0.3, 0.4) is 0 Å². The molecule has 8 fully saturated rings. The molecular weight excluding hydrogens is 641 g/mol. The Kier molecular flexibility index (Phi) is 13.4. The molecule has 8 rings (SSSR count). The molecule has 2 saturated heterocycles. The summed E-state index contributed by atoms with van der Waals surface area (Å²) in [6.07, 6.45) is 17.4. The highest BCUT2D eigenvalue weighted by molar-refractivity contribution is 6.60. The summed E-state index contributed by atoms with van der Waals surface area (Å²) in [5.74, 6) is 9.56. The first-order valence-electron chi connectivity index (χ1n) is 20.1. The third-order valence-corrected chi connectivity index (χ3v) is 18.3. The molecule has 6 aliphatic carbocycles. The van der Waals surface area contributed by atoms with E-state index >= 15 is 0 Å². The first kappa shape index (κ1) is 37.6. The average molecular weight is 709 g/mol. The second kappa shape index (κ2) is 17.1. The van der Waals surface area contributed by atoms with E-state index in [0.717, 1.165) is 65.2 Å². The molecule has 4 bridgehead atoms. The lowest BCUT2D eigenvalue weighted by Gasteiger charge is -2.38. The Bertz CT molecular complexity index is 988. The van der Waals surface area contributed by atoms with Gasteiger partial charge in [0.25, 0.3) is 0 Å². The van der Waals surface area contributed by atoms with Crippen LogP contribution in [0.15, 0.2) is 12.7 Å². The number of epoxide rings is 2. The highest BCUT2D eigenvalue weighted by Gasteiger charge is 2.61. The van der Waals surface area contributed by atoms with Gasteiger partial charge < -0.3 is 36.0 Å². The van der Waals surface area contributed by atoms with Crippen molar-refractivity contribution in [3.05, 3.63) is 12.7 Å². The number of rotatable bonds is 16. The summed E-state index contributed by atoms with van der Waals surface area (Å²) < 4.78 is 45.3. The second-order valence-electron chi connectivity index (χ2n) is 15.6. The number of ether oxygens (including phenoxy) is 2. The molecule has 2 heterocycles. The summed E-state index contributed by atoms with van der Waals surface area (Å²) in [7, 11) is -4.20. The molecule has 0 N–H and O–H groups in total. The van der Waals surface area contributed by atoms with Crippen LogP contribution in [0.1, 0.15) is 99.3 Å². The minimum absolute atomic E-state index is 0.620. The molecule has 14 atom stereocenters. The highest BCUT2D eigenvalue weighted by atomic mass is 28.4. The SMILES string of the molecule is C=CC1CC2CC1C1CC3OC3CC21.CCO[SiH](OCC)OCC.CCO[Si](CCC1CC2CC1C1CC3OC3CC21)(OCC)OCC. The second-order valence-corrected chi connectivity index (χ2v) is 20.0. The molecule has 276 valence electrons. The van der Waals surface area contributed by atoms with Gasteiger partial charge in [0.05, 0.1) is 24.4 Å². The Labute approximate surface area is 295 Å². The predicted molar refractivity (Wildman–Crippen MR) is 191 cm³/mol. The average Bonchev–Trinajstić information content (AvgIpc) is 3.82. The predicted octanol–water partition coefficient (Wildman–Crippen LogP) is 7.31. The van der Waals surface area contributed by atoms with E-state index < -0.39 is 18.3 Å². The van der Waals surface area contributed by atoms with Crippen molar-refractivity contribution in [2.45, 2.75) is 130 Å². The maximum Gasteiger partial charge on any atom is 0.500 e. The van der Waals surface area contributed by atoms with Gasteiger partial charge in [0, 0.05) is 45.7 Å². The minimum Gasteiger partial charge on any atom is -0.376 e. The van der Waals surface area contributed by atoms with Crippen LogP contribution in [0, 0.1) is 59.2 Å². The summed E-state index contributed by atoms with van der Waals surface area (Å²) in [5, 5.41) is 0. The quantitative estimate of drug-likeness (QED) is 0.0939. The smallest absolute Gasteiger partial charge is 0.376 e. The monoisotopic (exact) mass is 708 g/mol. The van der Waals surface area contributed by atoms with Crippen molar-refractivity contribution >= 4 is 18.3 Å². The fraction of sp³-hybridized carbons (Fsp3) is 0.947. The van der Waals surface area contributed by atoms with E-state index in [9.17, 15) is 0 Å². The van der Waals surface area contributed by atoms with E-state index in [2.05, 4.69) is 33.4 Å². The Morgan fingerprint density at radius 1 is 0.562 bits per heavy atom. The van der Waals surface area contributed by atoms with E-state index in [1.165, 1.54) is 57.8 Å². The lowest BCUT2D eigenvalue weighted by molar-refractivity contribution is 0.0653. The molecule has 0 spiro atoms. The van der Waals surface area contributed by atoms with E-state index in [1.807, 2.05) is 20.8 Å². The number of hydrogen-bond acceptors (Lipinski definition) is 8. The van der Waals surface area contributed by atoms with Gasteiger partial charge in [-0.15, -0.1) is 6.58 Å². The largest absolute Gasteiger partial charge is 0.500 e. The Morgan fingerprint density at radius 3 is 1.50 bits per heavy atom. The lowest BCUT2D eigenvalue weighted by atomic mass is 9.67. The zero-order valence-corrected chi connectivity index (χ0v) is 33.2. The summed E-state index contributed by atoms with van der Waals surface area (Å²) in [4.78, 5) is 0. The zero-order chi connectivity index (χ0) is 33.8. The van der Waals surface area contributed by atoms with Gasteiger partial charge in [0.15, 0.2) is 0 Å². The van der Waals surface area contributed by atoms with Crippen LogP contribution in [0.25, 0.3) is 0 Å². The minimum atomic E-state index is -2.46. The molecule has 0 amide bonds. The van der Waals surface area contributed by atoms with Crippen LogP contribution >= 0.6 is 0 Å². The van der Waals surface area contributed by atoms with Crippen molar-refractivity contribution in [3.63, 3.8) is 0 Å². The van der Waals surface area contributed by atoms with Crippen LogP contribution in [-0.4, -0.2) is 82.4 Å². The van der Waals surface area contributed by atoms with Gasteiger partial charge in [0.2, 0.25) is 0 Å². The summed E-state index contributed by atoms with van der Waals surface area (Å²) in [6.45, 7) is 20.1. The van der Waals surface area contributed by atoms with Crippen molar-refractivity contribution in [2.24, 2.45) is 59.2 Å². The molecule has 6 saturated carbocycles. The van der Waals surface area contributed by atoms with Crippen molar-refractivity contribution < 1.29 is 36.0 Å². The molecule has 10 heteroatoms. The molecule has 8 aliphatic rings.